The fraction of sp³-hybridized carbons (Fsp3) is 0.800. The minimum absolute atomic E-state index is 0. The number of nitrogens with one attached hydrogen (secondary N) is 1. The molecule has 0 aromatic carbocycles. The number of nitrogens with zero attached hydrogens (tertiary/aromatic N) is 3. The van der Waals surface area contributed by atoms with Gasteiger partial charge in [0.2, 0.25) is 10.0 Å². The lowest BCUT2D eigenvalue weighted by molar-refractivity contribution is 0.443. The minimum atomic E-state index is -3.19. The van der Waals surface area contributed by atoms with Crippen molar-refractivity contribution < 1.29 is 8.42 Å². The Balaban J connectivity index is 0.00000529. The van der Waals surface area contributed by atoms with Crippen LogP contribution in [0.4, 0.5) is 0 Å². The van der Waals surface area contributed by atoms with Crippen LogP contribution in [-0.4, -0.2) is 80.6 Å². The number of guanidine groups is 1. The summed E-state index contributed by atoms with van der Waals surface area (Å²) >= 11 is 1.81. The SMILES string of the molecule is C=CCCCN(C)C(=NCCS(=O)(=O)N1CCSCC1)NCC.I. The highest BCUT2D eigenvalue weighted by atomic mass is 127. The molecule has 0 spiro atoms. The molecule has 0 radical (unpaired) electrons. The zero-order valence-electron chi connectivity index (χ0n) is 14.7. The van der Waals surface area contributed by atoms with Gasteiger partial charge in [-0.2, -0.15) is 11.8 Å². The molecule has 0 aromatic heterocycles. The third-order valence-corrected chi connectivity index (χ3v) is 6.37. The number of unbranched alkanes of at least 4 members (excludes halogenated alkanes) is 1. The topological polar surface area (TPSA) is 65.0 Å². The predicted octanol–water partition coefficient (Wildman–Crippen LogP) is 1.85. The van der Waals surface area contributed by atoms with E-state index in [1.54, 1.807) is 16.1 Å². The van der Waals surface area contributed by atoms with Gasteiger partial charge in [0, 0.05) is 44.7 Å². The molecule has 1 fully saturated rings. The largest absolute Gasteiger partial charge is 0.357 e. The van der Waals surface area contributed by atoms with E-state index in [1.807, 2.05) is 24.9 Å². The van der Waals surface area contributed by atoms with Crippen LogP contribution < -0.4 is 5.32 Å². The monoisotopic (exact) mass is 490 g/mol. The highest BCUT2D eigenvalue weighted by molar-refractivity contribution is 14.0. The molecule has 24 heavy (non-hydrogen) atoms. The standard InChI is InChI=1S/C15H30N4O2S2.HI/c1-4-6-7-9-18(3)15(16-5-2)17-8-14-23(20,21)19-10-12-22-13-11-19;/h4H,1,5-14H2,2-3H3,(H,16,17);1H. The summed E-state index contributed by atoms with van der Waals surface area (Å²) < 4.78 is 26.2. The second-order valence-electron chi connectivity index (χ2n) is 5.42. The van der Waals surface area contributed by atoms with Crippen LogP contribution in [-0.2, 0) is 10.0 Å². The van der Waals surface area contributed by atoms with E-state index < -0.39 is 10.0 Å². The number of halogens is 1. The van der Waals surface area contributed by atoms with Gasteiger partial charge < -0.3 is 10.2 Å². The van der Waals surface area contributed by atoms with Crippen LogP contribution >= 0.6 is 35.7 Å². The molecule has 0 unspecified atom stereocenters. The molecule has 0 atom stereocenters. The summed E-state index contributed by atoms with van der Waals surface area (Å²) in [6.07, 6.45) is 3.88. The zero-order valence-corrected chi connectivity index (χ0v) is 18.7. The normalized spacial score (nSPS) is 16.3. The summed E-state index contributed by atoms with van der Waals surface area (Å²) in [5, 5.41) is 3.21. The van der Waals surface area contributed by atoms with Crippen LogP contribution in [0.15, 0.2) is 17.6 Å². The third-order valence-electron chi connectivity index (χ3n) is 3.57. The van der Waals surface area contributed by atoms with Crippen LogP contribution in [0, 0.1) is 0 Å². The van der Waals surface area contributed by atoms with E-state index in [2.05, 4.69) is 16.9 Å². The third kappa shape index (κ3) is 8.91. The van der Waals surface area contributed by atoms with Crippen molar-refractivity contribution in [3.63, 3.8) is 0 Å². The van der Waals surface area contributed by atoms with Crippen LogP contribution in [0.3, 0.4) is 0 Å². The van der Waals surface area contributed by atoms with Gasteiger partial charge in [0.15, 0.2) is 5.96 Å². The highest BCUT2D eigenvalue weighted by Gasteiger charge is 2.23. The quantitative estimate of drug-likeness (QED) is 0.176. The summed E-state index contributed by atoms with van der Waals surface area (Å²) in [4.78, 5) is 6.51. The maximum atomic E-state index is 12.3. The summed E-state index contributed by atoms with van der Waals surface area (Å²) in [5.41, 5.74) is 0. The van der Waals surface area contributed by atoms with Gasteiger partial charge in [0.05, 0.1) is 12.3 Å². The maximum Gasteiger partial charge on any atom is 0.215 e. The molecule has 0 saturated carbocycles. The smallest absolute Gasteiger partial charge is 0.215 e. The number of rotatable bonds is 9. The molecular weight excluding hydrogens is 459 g/mol. The van der Waals surface area contributed by atoms with Gasteiger partial charge in [-0.1, -0.05) is 6.08 Å². The van der Waals surface area contributed by atoms with E-state index in [9.17, 15) is 8.42 Å². The molecule has 0 aromatic rings. The summed E-state index contributed by atoms with van der Waals surface area (Å²) in [6.45, 7) is 8.90. The number of aliphatic imine (C=N–C) groups is 1. The molecule has 0 amide bonds. The van der Waals surface area contributed by atoms with Gasteiger partial charge in [0.1, 0.15) is 0 Å². The minimum Gasteiger partial charge on any atom is -0.357 e. The Morgan fingerprint density at radius 2 is 2.08 bits per heavy atom. The molecule has 0 bridgehead atoms. The molecule has 0 aliphatic carbocycles. The maximum absolute atomic E-state index is 12.3. The molecule has 1 N–H and O–H groups in total. The van der Waals surface area contributed by atoms with Crippen LogP contribution in [0.25, 0.3) is 0 Å². The molecule has 6 nitrogen and oxygen atoms in total. The van der Waals surface area contributed by atoms with Gasteiger partial charge in [-0.05, 0) is 19.8 Å². The lowest BCUT2D eigenvalue weighted by Gasteiger charge is -2.25. The second kappa shape index (κ2) is 13.2. The Bertz CT molecular complexity index is 480. The molecule has 142 valence electrons. The first-order valence-corrected chi connectivity index (χ1v) is 10.9. The predicted molar refractivity (Wildman–Crippen MR) is 116 cm³/mol. The summed E-state index contributed by atoms with van der Waals surface area (Å²) in [5.74, 6) is 2.61. The van der Waals surface area contributed by atoms with E-state index in [0.29, 0.717) is 19.6 Å². The first-order chi connectivity index (χ1) is 11.0. The lowest BCUT2D eigenvalue weighted by Crippen LogP contribution is -2.41. The molecule has 1 aliphatic rings. The first kappa shape index (κ1) is 24.0. The van der Waals surface area contributed by atoms with E-state index in [-0.39, 0.29) is 29.7 Å². The van der Waals surface area contributed by atoms with E-state index >= 15 is 0 Å². The summed E-state index contributed by atoms with van der Waals surface area (Å²) in [6, 6.07) is 0. The van der Waals surface area contributed by atoms with Crippen molar-refractivity contribution in [2.24, 2.45) is 4.99 Å². The van der Waals surface area contributed by atoms with Gasteiger partial charge in [-0.3, -0.25) is 4.99 Å². The van der Waals surface area contributed by atoms with Crippen LogP contribution in [0.5, 0.6) is 0 Å². The van der Waals surface area contributed by atoms with Crippen molar-refractivity contribution in [3.05, 3.63) is 12.7 Å². The second-order valence-corrected chi connectivity index (χ2v) is 8.73. The van der Waals surface area contributed by atoms with E-state index in [4.69, 9.17) is 0 Å². The Kier molecular flexibility index (Phi) is 13.2. The van der Waals surface area contributed by atoms with Gasteiger partial charge in [0.25, 0.3) is 0 Å². The van der Waals surface area contributed by atoms with Crippen LogP contribution in [0.1, 0.15) is 19.8 Å². The van der Waals surface area contributed by atoms with Crippen molar-refractivity contribution in [1.82, 2.24) is 14.5 Å². The molecule has 9 heteroatoms. The lowest BCUT2D eigenvalue weighted by atomic mass is 10.3. The number of sulfonamides is 1. The number of allylic oxidation sites excluding steroid dienone is 1. The van der Waals surface area contributed by atoms with E-state index in [0.717, 1.165) is 43.4 Å². The van der Waals surface area contributed by atoms with Crippen molar-refractivity contribution in [3.8, 4) is 0 Å². The van der Waals surface area contributed by atoms with Crippen molar-refractivity contribution in [1.29, 1.82) is 0 Å². The van der Waals surface area contributed by atoms with Gasteiger partial charge in [-0.25, -0.2) is 12.7 Å². The van der Waals surface area contributed by atoms with Crippen molar-refractivity contribution >= 4 is 51.7 Å². The van der Waals surface area contributed by atoms with Crippen molar-refractivity contribution in [2.75, 3.05) is 57.0 Å². The first-order valence-electron chi connectivity index (χ1n) is 8.17. The Morgan fingerprint density at radius 3 is 2.67 bits per heavy atom. The molecule has 1 rings (SSSR count). The zero-order chi connectivity index (χ0) is 17.1. The average molecular weight is 490 g/mol. The highest BCUT2D eigenvalue weighted by Crippen LogP contribution is 2.13. The van der Waals surface area contributed by atoms with E-state index in [1.165, 1.54) is 0 Å². The number of thioether (sulfide) groups is 1. The average Bonchev–Trinajstić information content (AvgIpc) is 2.55. The Morgan fingerprint density at radius 1 is 1.42 bits per heavy atom. The molecule has 1 aliphatic heterocycles. The fourth-order valence-electron chi connectivity index (χ4n) is 2.27. The van der Waals surface area contributed by atoms with Crippen LogP contribution in [0.2, 0.25) is 0 Å². The van der Waals surface area contributed by atoms with Crippen molar-refractivity contribution in [2.45, 2.75) is 19.8 Å². The Labute approximate surface area is 168 Å². The van der Waals surface area contributed by atoms with Gasteiger partial charge >= 0.3 is 0 Å². The van der Waals surface area contributed by atoms with Gasteiger partial charge in [-0.15, -0.1) is 30.6 Å². The molecule has 1 heterocycles. The Hall–Kier alpha value is -0.000000000000000222. The molecular formula is C15H31IN4O2S2. The summed E-state index contributed by atoms with van der Waals surface area (Å²) in [7, 11) is -1.21. The number of hydrogen-bond acceptors (Lipinski definition) is 4. The number of hydrogen-bond donors (Lipinski definition) is 1. The molecule has 1 saturated heterocycles. The fourth-order valence-corrected chi connectivity index (χ4v) is 4.72.